The first kappa shape index (κ1) is 11.1. The monoisotopic (exact) mass is 222 g/mol. The molecule has 0 fully saturated rings. The van der Waals surface area contributed by atoms with Gasteiger partial charge in [0, 0.05) is 5.56 Å². The van der Waals surface area contributed by atoms with Crippen LogP contribution in [0.1, 0.15) is 35.1 Å². The fourth-order valence-electron chi connectivity index (χ4n) is 2.55. The summed E-state index contributed by atoms with van der Waals surface area (Å²) in [6, 6.07) is 3.65. The number of benzene rings is 1. The molecule has 0 aliphatic heterocycles. The molecule has 0 bridgehead atoms. The fourth-order valence-corrected chi connectivity index (χ4v) is 2.55. The molecule has 0 saturated heterocycles. The lowest BCUT2D eigenvalue weighted by molar-refractivity contribution is -0.152. The van der Waals surface area contributed by atoms with E-state index < -0.39 is 11.6 Å². The topological polar surface area (TPSA) is 37.3 Å². The van der Waals surface area contributed by atoms with Gasteiger partial charge in [-0.2, -0.15) is 0 Å². The molecule has 1 unspecified atom stereocenters. The van der Waals surface area contributed by atoms with Crippen molar-refractivity contribution >= 4 is 5.97 Å². The summed E-state index contributed by atoms with van der Waals surface area (Å²) in [5.74, 6) is -1.36. The molecule has 0 heterocycles. The van der Waals surface area contributed by atoms with Gasteiger partial charge in [-0.3, -0.25) is 0 Å². The van der Waals surface area contributed by atoms with E-state index >= 15 is 0 Å². The summed E-state index contributed by atoms with van der Waals surface area (Å²) in [7, 11) is 0. The molecule has 1 N–H and O–H groups in total. The molecule has 1 aromatic carbocycles. The number of aliphatic carboxylic acids is 1. The highest BCUT2D eigenvalue weighted by Crippen LogP contribution is 2.40. The van der Waals surface area contributed by atoms with E-state index in [2.05, 4.69) is 0 Å². The Balaban J connectivity index is 2.67. The van der Waals surface area contributed by atoms with Crippen molar-refractivity contribution in [3.63, 3.8) is 0 Å². The van der Waals surface area contributed by atoms with E-state index in [1.165, 1.54) is 0 Å². The van der Waals surface area contributed by atoms with Crippen molar-refractivity contribution in [2.75, 3.05) is 0 Å². The fraction of sp³-hybridized carbons (Fsp3) is 0.462. The van der Waals surface area contributed by atoms with E-state index in [9.17, 15) is 9.18 Å². The Morgan fingerprint density at radius 1 is 1.44 bits per heavy atom. The van der Waals surface area contributed by atoms with Gasteiger partial charge in [-0.15, -0.1) is 0 Å². The Labute approximate surface area is 94.1 Å². The Hall–Kier alpha value is -1.38. The highest BCUT2D eigenvalue weighted by Gasteiger charge is 2.44. The first-order valence-corrected chi connectivity index (χ1v) is 5.48. The summed E-state index contributed by atoms with van der Waals surface area (Å²) in [6.45, 7) is 3.78. The van der Waals surface area contributed by atoms with Crippen LogP contribution >= 0.6 is 0 Å². The number of rotatable bonds is 1. The number of hydrogen-bond acceptors (Lipinski definition) is 1. The Bertz CT molecular complexity index is 453. The van der Waals surface area contributed by atoms with Gasteiger partial charge in [0.1, 0.15) is 0 Å². The van der Waals surface area contributed by atoms with Gasteiger partial charge in [-0.05, 0) is 44.2 Å². The van der Waals surface area contributed by atoms with Gasteiger partial charge in [0.25, 0.3) is 0 Å². The van der Waals surface area contributed by atoms with Gasteiger partial charge in [-0.25, -0.2) is 9.18 Å². The van der Waals surface area contributed by atoms with Crippen molar-refractivity contribution in [3.8, 4) is 0 Å². The second kappa shape index (κ2) is 3.58. The molecule has 0 radical (unpaired) electrons. The van der Waals surface area contributed by atoms with Crippen LogP contribution in [0.25, 0.3) is 0 Å². The van der Waals surface area contributed by atoms with E-state index in [-0.39, 0.29) is 6.42 Å². The third kappa shape index (κ3) is 1.51. The number of hydrogen-bond donors (Lipinski definition) is 1. The summed E-state index contributed by atoms with van der Waals surface area (Å²) < 4.78 is 14.4. The molecule has 86 valence electrons. The van der Waals surface area contributed by atoms with Crippen LogP contribution in [0.2, 0.25) is 0 Å². The Morgan fingerprint density at radius 2 is 2.12 bits per heavy atom. The summed E-state index contributed by atoms with van der Waals surface area (Å²) in [5.41, 5.74) is 0.967. The smallest absolute Gasteiger partial charge is 0.346 e. The summed E-state index contributed by atoms with van der Waals surface area (Å²) in [5, 5.41) is 9.05. The number of alkyl halides is 1. The number of carbonyl (C=O) groups is 1. The van der Waals surface area contributed by atoms with Crippen molar-refractivity contribution in [3.05, 3.63) is 34.4 Å². The molecule has 1 atom stereocenters. The van der Waals surface area contributed by atoms with Crippen LogP contribution in [-0.2, 0) is 16.9 Å². The van der Waals surface area contributed by atoms with Gasteiger partial charge in [0.2, 0.25) is 5.67 Å². The molecule has 0 saturated carbocycles. The van der Waals surface area contributed by atoms with Gasteiger partial charge in [0.15, 0.2) is 0 Å². The molecule has 3 heteroatoms. The van der Waals surface area contributed by atoms with E-state index in [1.54, 1.807) is 6.07 Å². The average Bonchev–Trinajstić information content (AvgIpc) is 2.19. The largest absolute Gasteiger partial charge is 0.479 e. The number of halogens is 1. The number of carboxylic acid groups (broad SMARTS) is 1. The van der Waals surface area contributed by atoms with Crippen LogP contribution in [0.15, 0.2) is 12.1 Å². The van der Waals surface area contributed by atoms with Gasteiger partial charge in [-0.1, -0.05) is 17.7 Å². The minimum atomic E-state index is -2.19. The summed E-state index contributed by atoms with van der Waals surface area (Å²) in [4.78, 5) is 11.1. The predicted octanol–water partition coefficient (Wildman–Crippen LogP) is 2.89. The van der Waals surface area contributed by atoms with Gasteiger partial charge >= 0.3 is 5.97 Å². The van der Waals surface area contributed by atoms with Crippen LogP contribution < -0.4 is 0 Å². The zero-order valence-electron chi connectivity index (χ0n) is 9.51. The van der Waals surface area contributed by atoms with Crippen LogP contribution in [0, 0.1) is 13.8 Å². The second-order valence-electron chi connectivity index (χ2n) is 4.57. The Kier molecular flexibility index (Phi) is 2.49. The maximum Gasteiger partial charge on any atom is 0.346 e. The van der Waals surface area contributed by atoms with Gasteiger partial charge in [0.05, 0.1) is 0 Å². The van der Waals surface area contributed by atoms with E-state index in [1.807, 2.05) is 19.9 Å². The summed E-state index contributed by atoms with van der Waals surface area (Å²) >= 11 is 0. The van der Waals surface area contributed by atoms with Crippen molar-refractivity contribution in [1.82, 2.24) is 0 Å². The maximum atomic E-state index is 14.4. The lowest BCUT2D eigenvalue weighted by atomic mass is 9.78. The minimum Gasteiger partial charge on any atom is -0.479 e. The van der Waals surface area contributed by atoms with Crippen LogP contribution in [0.4, 0.5) is 4.39 Å². The van der Waals surface area contributed by atoms with Crippen molar-refractivity contribution < 1.29 is 14.3 Å². The maximum absolute atomic E-state index is 14.4. The molecule has 0 spiro atoms. The molecular weight excluding hydrogens is 207 g/mol. The molecule has 1 aliphatic rings. The molecular formula is C13H15FO2. The highest BCUT2D eigenvalue weighted by atomic mass is 19.1. The molecule has 16 heavy (non-hydrogen) atoms. The van der Waals surface area contributed by atoms with E-state index in [0.29, 0.717) is 12.0 Å². The van der Waals surface area contributed by atoms with Crippen LogP contribution in [0.5, 0.6) is 0 Å². The number of fused-ring (bicyclic) bond motifs is 1. The quantitative estimate of drug-likeness (QED) is 0.793. The zero-order valence-corrected chi connectivity index (χ0v) is 9.51. The van der Waals surface area contributed by atoms with Crippen LogP contribution in [0.3, 0.4) is 0 Å². The standard InChI is InChI=1S/C13H15FO2/c1-8-6-9(2)10-4-3-5-13(14,12(15)16)11(10)7-8/h6-7H,3-5H2,1-2H3,(H,15,16). The molecule has 0 amide bonds. The predicted molar refractivity (Wildman–Crippen MR) is 59.3 cm³/mol. The minimum absolute atomic E-state index is 0.0816. The van der Waals surface area contributed by atoms with E-state index in [4.69, 9.17) is 5.11 Å². The first-order valence-electron chi connectivity index (χ1n) is 5.48. The summed E-state index contributed by atoms with van der Waals surface area (Å²) in [6.07, 6.45) is 1.46. The normalized spacial score (nSPS) is 23.9. The highest BCUT2D eigenvalue weighted by molar-refractivity contribution is 5.80. The lowest BCUT2D eigenvalue weighted by Gasteiger charge is -2.30. The van der Waals surface area contributed by atoms with Crippen LogP contribution in [-0.4, -0.2) is 11.1 Å². The third-order valence-corrected chi connectivity index (χ3v) is 3.33. The average molecular weight is 222 g/mol. The van der Waals surface area contributed by atoms with Crippen molar-refractivity contribution in [2.45, 2.75) is 38.8 Å². The Morgan fingerprint density at radius 3 is 2.75 bits per heavy atom. The van der Waals surface area contributed by atoms with E-state index in [0.717, 1.165) is 23.1 Å². The molecule has 1 aliphatic carbocycles. The molecule has 2 rings (SSSR count). The van der Waals surface area contributed by atoms with Gasteiger partial charge < -0.3 is 5.11 Å². The lowest BCUT2D eigenvalue weighted by Crippen LogP contribution is -2.35. The number of aryl methyl sites for hydroxylation is 2. The van der Waals surface area contributed by atoms with Crippen molar-refractivity contribution in [1.29, 1.82) is 0 Å². The molecule has 2 nitrogen and oxygen atoms in total. The first-order chi connectivity index (χ1) is 7.45. The molecule has 0 aromatic heterocycles. The second-order valence-corrected chi connectivity index (χ2v) is 4.57. The third-order valence-electron chi connectivity index (χ3n) is 3.33. The van der Waals surface area contributed by atoms with Crippen molar-refractivity contribution in [2.24, 2.45) is 0 Å². The number of carboxylic acids is 1. The zero-order chi connectivity index (χ0) is 11.9. The molecule has 1 aromatic rings. The SMILES string of the molecule is Cc1cc(C)c2c(c1)C(F)(C(=O)O)CCC2.